The summed E-state index contributed by atoms with van der Waals surface area (Å²) in [5, 5.41) is 2.65. The molecule has 1 amide bonds. The summed E-state index contributed by atoms with van der Waals surface area (Å²) in [6.45, 7) is 3.31. The quantitative estimate of drug-likeness (QED) is 0.393. The molecule has 2 aromatic carbocycles. The van der Waals surface area contributed by atoms with Crippen molar-refractivity contribution in [3.63, 3.8) is 0 Å². The second-order valence-corrected chi connectivity index (χ2v) is 6.25. The third-order valence-electron chi connectivity index (χ3n) is 3.86. The van der Waals surface area contributed by atoms with Crippen molar-refractivity contribution in [2.75, 3.05) is 18.5 Å². The summed E-state index contributed by atoms with van der Waals surface area (Å²) in [6.07, 6.45) is -0.800. The van der Waals surface area contributed by atoms with Crippen LogP contribution in [0.5, 0.6) is 0 Å². The summed E-state index contributed by atoms with van der Waals surface area (Å²) in [5.74, 6) is -4.21. The second-order valence-electron chi connectivity index (χ2n) is 5.81. The molecule has 0 saturated carbocycles. The maximum Gasteiger partial charge on any atom is 0.411 e. The number of ketones is 2. The van der Waals surface area contributed by atoms with Gasteiger partial charge in [0.1, 0.15) is 0 Å². The molecule has 0 heterocycles. The predicted molar refractivity (Wildman–Crippen MR) is 107 cm³/mol. The van der Waals surface area contributed by atoms with E-state index in [0.717, 1.165) is 0 Å². The van der Waals surface area contributed by atoms with Gasteiger partial charge in [0.05, 0.1) is 18.9 Å². The first-order valence-corrected chi connectivity index (χ1v) is 9.30. The Morgan fingerprint density at radius 2 is 1.59 bits per heavy atom. The first-order valence-electron chi connectivity index (χ1n) is 8.92. The summed E-state index contributed by atoms with van der Waals surface area (Å²) in [7, 11) is 0. The lowest BCUT2D eigenvalue weighted by molar-refractivity contribution is -0.144. The van der Waals surface area contributed by atoms with Crippen molar-refractivity contribution < 1.29 is 28.7 Å². The molecule has 0 saturated heterocycles. The molecule has 0 fully saturated rings. The van der Waals surface area contributed by atoms with Gasteiger partial charge in [0, 0.05) is 16.1 Å². The van der Waals surface area contributed by atoms with E-state index in [0.29, 0.717) is 0 Å². The fraction of sp³-hybridized carbons (Fsp3) is 0.238. The highest BCUT2D eigenvalue weighted by Gasteiger charge is 2.37. The third-order valence-corrected chi connectivity index (χ3v) is 4.10. The highest BCUT2D eigenvalue weighted by atomic mass is 35.5. The van der Waals surface area contributed by atoms with Crippen molar-refractivity contribution in [1.29, 1.82) is 0 Å². The normalized spacial score (nSPS) is 11.3. The second kappa shape index (κ2) is 10.4. The number of carbonyl (C=O) groups is 4. The maximum absolute atomic E-state index is 13.2. The van der Waals surface area contributed by atoms with Crippen molar-refractivity contribution in [2.45, 2.75) is 13.8 Å². The number of hydrogen-bond acceptors (Lipinski definition) is 6. The van der Waals surface area contributed by atoms with E-state index in [1.165, 1.54) is 30.3 Å². The van der Waals surface area contributed by atoms with E-state index in [2.05, 4.69) is 5.32 Å². The van der Waals surface area contributed by atoms with Gasteiger partial charge in [-0.15, -0.1) is 0 Å². The number of anilines is 1. The number of amides is 1. The van der Waals surface area contributed by atoms with Crippen LogP contribution >= 0.6 is 11.6 Å². The lowest BCUT2D eigenvalue weighted by Crippen LogP contribution is -2.34. The number of hydrogen-bond donors (Lipinski definition) is 1. The Morgan fingerprint density at radius 1 is 0.931 bits per heavy atom. The average Bonchev–Trinajstić information content (AvgIpc) is 2.69. The molecule has 152 valence electrons. The van der Waals surface area contributed by atoms with Gasteiger partial charge >= 0.3 is 12.1 Å². The molecule has 0 spiro atoms. The number of esters is 1. The molecule has 2 aromatic rings. The van der Waals surface area contributed by atoms with Crippen molar-refractivity contribution in [2.24, 2.45) is 5.92 Å². The minimum atomic E-state index is -1.72. The summed E-state index contributed by atoms with van der Waals surface area (Å²) in [6, 6.07) is 12.0. The predicted octanol–water partition coefficient (Wildman–Crippen LogP) is 4.15. The molecule has 0 aliphatic heterocycles. The standard InChI is InChI=1S/C21H20ClNO6/c1-3-28-20(26)17(18(24)13-8-6-5-7-9-13)19(25)15-11-10-14(22)12-16(15)23-21(27)29-4-2/h5-12,17H,3-4H2,1-2H3,(H,23,27). The molecule has 8 heteroatoms. The molecule has 0 aliphatic rings. The van der Waals surface area contributed by atoms with Gasteiger partial charge in [0.15, 0.2) is 17.5 Å². The van der Waals surface area contributed by atoms with Crippen LogP contribution in [0.3, 0.4) is 0 Å². The third kappa shape index (κ3) is 5.65. The molecule has 0 radical (unpaired) electrons. The van der Waals surface area contributed by atoms with E-state index in [1.54, 1.807) is 32.0 Å². The van der Waals surface area contributed by atoms with E-state index in [4.69, 9.17) is 21.1 Å². The summed E-state index contributed by atoms with van der Waals surface area (Å²) < 4.78 is 9.77. The largest absolute Gasteiger partial charge is 0.465 e. The van der Waals surface area contributed by atoms with Crippen LogP contribution in [0.2, 0.25) is 5.02 Å². The fourth-order valence-electron chi connectivity index (χ4n) is 2.60. The Balaban J connectivity index is 2.47. The first-order chi connectivity index (χ1) is 13.9. The number of carbonyl (C=O) groups excluding carboxylic acids is 4. The van der Waals surface area contributed by atoms with Gasteiger partial charge in [0.2, 0.25) is 0 Å². The van der Waals surface area contributed by atoms with Gasteiger partial charge in [0.25, 0.3) is 0 Å². The monoisotopic (exact) mass is 417 g/mol. The van der Waals surface area contributed by atoms with Crippen LogP contribution in [0.25, 0.3) is 0 Å². The van der Waals surface area contributed by atoms with Gasteiger partial charge < -0.3 is 9.47 Å². The summed E-state index contributed by atoms with van der Waals surface area (Å²) >= 11 is 5.97. The van der Waals surface area contributed by atoms with Crippen LogP contribution in [-0.4, -0.2) is 36.8 Å². The van der Waals surface area contributed by atoms with E-state index in [9.17, 15) is 19.2 Å². The molecule has 1 N–H and O–H groups in total. The Kier molecular flexibility index (Phi) is 7.91. The highest BCUT2D eigenvalue weighted by molar-refractivity contribution is 6.32. The molecule has 0 bridgehead atoms. The van der Waals surface area contributed by atoms with Gasteiger partial charge in [-0.1, -0.05) is 41.9 Å². The molecule has 2 rings (SSSR count). The van der Waals surface area contributed by atoms with Crippen LogP contribution in [0.4, 0.5) is 10.5 Å². The number of halogens is 1. The van der Waals surface area contributed by atoms with Crippen molar-refractivity contribution in [3.05, 3.63) is 64.7 Å². The van der Waals surface area contributed by atoms with E-state index >= 15 is 0 Å². The van der Waals surface area contributed by atoms with E-state index in [-0.39, 0.29) is 35.1 Å². The molecular formula is C21H20ClNO6. The Hall–Kier alpha value is -3.19. The number of ether oxygens (including phenoxy) is 2. The summed E-state index contributed by atoms with van der Waals surface area (Å²) in [5.41, 5.74) is 0.147. The molecule has 1 unspecified atom stereocenters. The minimum Gasteiger partial charge on any atom is -0.465 e. The number of nitrogens with one attached hydrogen (secondary N) is 1. The summed E-state index contributed by atoms with van der Waals surface area (Å²) in [4.78, 5) is 50.4. The maximum atomic E-state index is 13.2. The molecule has 0 aliphatic carbocycles. The Morgan fingerprint density at radius 3 is 2.21 bits per heavy atom. The Bertz CT molecular complexity index is 913. The zero-order valence-electron chi connectivity index (χ0n) is 15.9. The highest BCUT2D eigenvalue weighted by Crippen LogP contribution is 2.26. The molecule has 29 heavy (non-hydrogen) atoms. The van der Waals surface area contributed by atoms with Gasteiger partial charge in [-0.2, -0.15) is 0 Å². The lowest BCUT2D eigenvalue weighted by Gasteiger charge is -2.16. The number of Topliss-reactive ketones (excluding diaryl/α,β-unsaturated/α-hetero) is 2. The molecule has 0 aromatic heterocycles. The van der Waals surface area contributed by atoms with Gasteiger partial charge in [-0.25, -0.2) is 4.79 Å². The molecular weight excluding hydrogens is 398 g/mol. The van der Waals surface area contributed by atoms with Crippen LogP contribution in [0.15, 0.2) is 48.5 Å². The number of rotatable bonds is 8. The zero-order valence-corrected chi connectivity index (χ0v) is 16.7. The molecule has 7 nitrogen and oxygen atoms in total. The van der Waals surface area contributed by atoms with E-state index < -0.39 is 29.5 Å². The topological polar surface area (TPSA) is 98.8 Å². The van der Waals surface area contributed by atoms with Crippen molar-refractivity contribution in [1.82, 2.24) is 0 Å². The van der Waals surface area contributed by atoms with Crippen molar-refractivity contribution in [3.8, 4) is 0 Å². The smallest absolute Gasteiger partial charge is 0.411 e. The van der Waals surface area contributed by atoms with Crippen LogP contribution in [-0.2, 0) is 14.3 Å². The Labute approximate surface area is 172 Å². The van der Waals surface area contributed by atoms with Gasteiger partial charge in [-0.3, -0.25) is 19.7 Å². The zero-order chi connectivity index (χ0) is 21.4. The fourth-order valence-corrected chi connectivity index (χ4v) is 2.77. The minimum absolute atomic E-state index is 0.000760. The SMILES string of the molecule is CCOC(=O)Nc1cc(Cl)ccc1C(=O)C(C(=O)OCC)C(=O)c1ccccc1. The van der Waals surface area contributed by atoms with Gasteiger partial charge in [-0.05, 0) is 32.0 Å². The van der Waals surface area contributed by atoms with Crippen LogP contribution in [0, 0.1) is 5.92 Å². The first kappa shape index (κ1) is 22.1. The van der Waals surface area contributed by atoms with Crippen molar-refractivity contribution >= 4 is 40.9 Å². The molecule has 1 atom stereocenters. The van der Waals surface area contributed by atoms with Crippen LogP contribution < -0.4 is 5.32 Å². The number of benzene rings is 2. The van der Waals surface area contributed by atoms with E-state index in [1.807, 2.05) is 0 Å². The van der Waals surface area contributed by atoms with Crippen LogP contribution in [0.1, 0.15) is 34.6 Å². The lowest BCUT2D eigenvalue weighted by atomic mass is 9.89. The average molecular weight is 418 g/mol.